The zero-order chi connectivity index (χ0) is 31.7. The Hall–Kier alpha value is -4.65. The average molecular weight is 584 g/mol. The first kappa shape index (κ1) is 30.3. The van der Waals surface area contributed by atoms with Crippen molar-refractivity contribution in [3.05, 3.63) is 34.1 Å². The molecule has 0 radical (unpaired) electrons. The normalized spacial score (nSPS) is 28.5. The topological polar surface area (TPSA) is 259 Å². The second-order valence-electron chi connectivity index (χ2n) is 11.2. The van der Waals surface area contributed by atoms with Crippen LogP contribution in [-0.2, 0) is 25.5 Å². The summed E-state index contributed by atoms with van der Waals surface area (Å²) in [6.07, 6.45) is -1.62. The van der Waals surface area contributed by atoms with Gasteiger partial charge < -0.3 is 42.2 Å². The lowest BCUT2D eigenvalue weighted by Gasteiger charge is -2.58. The molecule has 10 N–H and O–H groups in total. The van der Waals surface area contributed by atoms with Gasteiger partial charge in [0.15, 0.2) is 22.7 Å². The van der Waals surface area contributed by atoms with Crippen LogP contribution >= 0.6 is 0 Å². The summed E-state index contributed by atoms with van der Waals surface area (Å²) in [7, 11) is 6.20. The van der Waals surface area contributed by atoms with E-state index in [1.165, 1.54) is 25.1 Å². The number of nitrogens with one attached hydrogen (secondary N) is 1. The van der Waals surface area contributed by atoms with Gasteiger partial charge in [0.05, 0.1) is 46.6 Å². The van der Waals surface area contributed by atoms with Gasteiger partial charge in [-0.15, -0.1) is 0 Å². The molecule has 0 saturated heterocycles. The molecule has 0 spiro atoms. The standard InChI is InChI=1S/C27H33N7O8/c1-6-42-24(41)32-12-7-13(33(2)3)11-8-25(30)9-27(31)20(34(4)5)19(37)15(23(29)40)21(38)26(27,10-28)22(39)16(25)18(36)14(11)17(12)35/h7,20,35-36,38H,6,8-9,30-31H2,1-5H3,(H2,29,40)(H,32,41)/t20-,25-,26+,27-/m1/s1. The van der Waals surface area contributed by atoms with Crippen LogP contribution in [0.4, 0.5) is 16.2 Å². The Morgan fingerprint density at radius 1 is 1.19 bits per heavy atom. The molecule has 0 bridgehead atoms. The maximum Gasteiger partial charge on any atom is 0.411 e. The van der Waals surface area contributed by atoms with Crippen molar-refractivity contribution in [3.8, 4) is 11.8 Å². The second-order valence-corrected chi connectivity index (χ2v) is 11.2. The van der Waals surface area contributed by atoms with E-state index in [-0.39, 0.29) is 29.8 Å². The van der Waals surface area contributed by atoms with E-state index < -0.39 is 80.9 Å². The number of likely N-dealkylation sites (N-methyl/N-ethyl adjacent to an activating group) is 1. The van der Waals surface area contributed by atoms with Crippen LogP contribution < -0.4 is 27.4 Å². The SMILES string of the molecule is CCOC(=O)Nc1cc(N(C)C)c2c(c1O)C(O)=C1C(=O)[C@]3(C#N)C(O)=C(C(N)=O)C(=O)[C@@H](N(C)C)[C@]3(N)C[C@]1(N)C2. The van der Waals surface area contributed by atoms with Gasteiger partial charge in [-0.1, -0.05) is 0 Å². The summed E-state index contributed by atoms with van der Waals surface area (Å²) in [6, 6.07) is 1.64. The second kappa shape index (κ2) is 9.72. The fraction of sp³-hybridized carbons (Fsp3) is 0.444. The predicted octanol–water partition coefficient (Wildman–Crippen LogP) is -0.460. The number of phenolic OH excluding ortho intramolecular Hbond substituents is 1. The highest BCUT2D eigenvalue weighted by Gasteiger charge is 2.74. The lowest BCUT2D eigenvalue weighted by Crippen LogP contribution is -2.80. The molecule has 0 unspecified atom stereocenters. The summed E-state index contributed by atoms with van der Waals surface area (Å²) in [4.78, 5) is 55.3. The van der Waals surface area contributed by atoms with Crippen LogP contribution in [0.1, 0.15) is 24.5 Å². The van der Waals surface area contributed by atoms with Crippen LogP contribution in [0.15, 0.2) is 23.0 Å². The van der Waals surface area contributed by atoms with Gasteiger partial charge in [-0.2, -0.15) is 5.26 Å². The van der Waals surface area contributed by atoms with Crippen molar-refractivity contribution >= 4 is 40.7 Å². The number of Topliss-reactive ketones (excluding diaryl/α,β-unsaturated/α-hetero) is 2. The molecule has 2 amide bonds. The first-order valence-electron chi connectivity index (χ1n) is 12.9. The number of benzene rings is 1. The molecule has 1 aromatic rings. The Kier molecular flexibility index (Phi) is 7.02. The molecular formula is C27H33N7O8. The van der Waals surface area contributed by atoms with Gasteiger partial charge in [0, 0.05) is 19.8 Å². The number of fused-ring (bicyclic) bond motifs is 3. The minimum Gasteiger partial charge on any atom is -0.509 e. The number of nitrogens with two attached hydrogens (primary N) is 3. The van der Waals surface area contributed by atoms with Gasteiger partial charge >= 0.3 is 6.09 Å². The number of aliphatic hydroxyl groups excluding tert-OH is 2. The number of nitrogens with zero attached hydrogens (tertiary/aromatic N) is 3. The summed E-state index contributed by atoms with van der Waals surface area (Å²) >= 11 is 0. The van der Waals surface area contributed by atoms with Crippen LogP contribution in [0, 0.1) is 16.7 Å². The maximum absolute atomic E-state index is 14.5. The summed E-state index contributed by atoms with van der Waals surface area (Å²) < 4.78 is 4.89. The highest BCUT2D eigenvalue weighted by Crippen LogP contribution is 2.59. The Morgan fingerprint density at radius 2 is 1.81 bits per heavy atom. The molecule has 1 fully saturated rings. The largest absolute Gasteiger partial charge is 0.509 e. The Bertz CT molecular complexity index is 1560. The summed E-state index contributed by atoms with van der Waals surface area (Å²) in [5.74, 6) is -6.34. The van der Waals surface area contributed by atoms with Gasteiger partial charge in [0.25, 0.3) is 5.91 Å². The summed E-state index contributed by atoms with van der Waals surface area (Å²) in [5.41, 5.74) is 11.0. The van der Waals surface area contributed by atoms with Crippen LogP contribution in [0.2, 0.25) is 0 Å². The number of anilines is 2. The summed E-state index contributed by atoms with van der Waals surface area (Å²) in [6.45, 7) is 1.62. The Labute approximate surface area is 240 Å². The highest BCUT2D eigenvalue weighted by atomic mass is 16.5. The molecule has 4 atom stereocenters. The average Bonchev–Trinajstić information content (AvgIpc) is 2.84. The van der Waals surface area contributed by atoms with E-state index in [1.54, 1.807) is 32.0 Å². The van der Waals surface area contributed by atoms with Crippen molar-refractivity contribution in [2.75, 3.05) is 45.0 Å². The third-order valence-electron chi connectivity index (χ3n) is 8.22. The van der Waals surface area contributed by atoms with Gasteiger partial charge in [-0.25, -0.2) is 4.79 Å². The number of carbonyl (C=O) groups is 4. The van der Waals surface area contributed by atoms with E-state index in [2.05, 4.69) is 5.32 Å². The van der Waals surface area contributed by atoms with Crippen molar-refractivity contribution in [2.45, 2.75) is 36.9 Å². The van der Waals surface area contributed by atoms with Crippen LogP contribution in [-0.4, -0.2) is 95.7 Å². The Balaban J connectivity index is 2.10. The molecule has 0 aromatic heterocycles. The van der Waals surface area contributed by atoms with Crippen molar-refractivity contribution in [1.82, 2.24) is 4.90 Å². The molecule has 0 heterocycles. The van der Waals surface area contributed by atoms with Gasteiger partial charge in [0.2, 0.25) is 0 Å². The van der Waals surface area contributed by atoms with Crippen LogP contribution in [0.25, 0.3) is 5.76 Å². The van der Waals surface area contributed by atoms with Crippen LogP contribution in [0.3, 0.4) is 0 Å². The lowest BCUT2D eigenvalue weighted by atomic mass is 9.47. The van der Waals surface area contributed by atoms with Crippen molar-refractivity contribution in [1.29, 1.82) is 5.26 Å². The molecule has 4 rings (SSSR count). The van der Waals surface area contributed by atoms with E-state index in [9.17, 15) is 39.8 Å². The van der Waals surface area contributed by atoms with Gasteiger partial charge in [0.1, 0.15) is 17.1 Å². The van der Waals surface area contributed by atoms with E-state index >= 15 is 0 Å². The minimum atomic E-state index is -2.77. The number of aromatic hydroxyl groups is 1. The summed E-state index contributed by atoms with van der Waals surface area (Å²) in [5, 5.41) is 47.0. The number of carbonyl (C=O) groups excluding carboxylic acids is 4. The van der Waals surface area contributed by atoms with E-state index in [0.717, 1.165) is 0 Å². The highest BCUT2D eigenvalue weighted by molar-refractivity contribution is 6.25. The number of primary amides is 1. The number of hydrogen-bond donors (Lipinski definition) is 7. The quantitative estimate of drug-likeness (QED) is 0.171. The molecule has 42 heavy (non-hydrogen) atoms. The molecule has 1 saturated carbocycles. The third-order valence-corrected chi connectivity index (χ3v) is 8.22. The van der Waals surface area contributed by atoms with Gasteiger partial charge in [-0.05, 0) is 45.5 Å². The van der Waals surface area contributed by atoms with E-state index in [4.69, 9.17) is 21.9 Å². The Morgan fingerprint density at radius 3 is 2.31 bits per heavy atom. The smallest absolute Gasteiger partial charge is 0.411 e. The molecule has 0 aliphatic heterocycles. The minimum absolute atomic E-state index is 0.0371. The number of phenols is 1. The zero-order valence-electron chi connectivity index (χ0n) is 23.7. The van der Waals surface area contributed by atoms with Crippen molar-refractivity contribution in [3.63, 3.8) is 0 Å². The van der Waals surface area contributed by atoms with Crippen LogP contribution in [0.5, 0.6) is 5.75 Å². The number of ketones is 2. The van der Waals surface area contributed by atoms with Crippen molar-refractivity contribution in [2.24, 2.45) is 22.6 Å². The monoisotopic (exact) mass is 583 g/mol. The molecule has 224 valence electrons. The number of nitriles is 1. The first-order valence-corrected chi connectivity index (χ1v) is 12.9. The number of amides is 2. The fourth-order valence-electron chi connectivity index (χ4n) is 6.65. The maximum atomic E-state index is 14.5. The molecule has 1 aromatic carbocycles. The number of hydrogen-bond acceptors (Lipinski definition) is 13. The molecule has 15 heteroatoms. The third kappa shape index (κ3) is 3.76. The van der Waals surface area contributed by atoms with Crippen molar-refractivity contribution < 1.29 is 39.2 Å². The van der Waals surface area contributed by atoms with E-state index in [1.807, 2.05) is 0 Å². The number of rotatable bonds is 5. The molecular weight excluding hydrogens is 550 g/mol. The first-order chi connectivity index (χ1) is 19.4. The molecule has 15 nitrogen and oxygen atoms in total. The molecule has 3 aliphatic rings. The lowest BCUT2D eigenvalue weighted by molar-refractivity contribution is -0.139. The number of aliphatic hydroxyl groups is 2. The number of ether oxygens (including phenoxy) is 1. The zero-order valence-corrected chi connectivity index (χ0v) is 23.7. The molecule has 3 aliphatic carbocycles. The predicted molar refractivity (Wildman–Crippen MR) is 149 cm³/mol. The van der Waals surface area contributed by atoms with E-state index in [0.29, 0.717) is 5.69 Å². The fourth-order valence-corrected chi connectivity index (χ4v) is 6.65. The van der Waals surface area contributed by atoms with Gasteiger partial charge in [-0.3, -0.25) is 24.6 Å².